The van der Waals surface area contributed by atoms with Gasteiger partial charge in [0.05, 0.1) is 0 Å². The van der Waals surface area contributed by atoms with Crippen LogP contribution in [-0.2, 0) is 10.1 Å². The molecular formula is C11H7NaO5S. The molecule has 1 aliphatic rings. The van der Waals surface area contributed by atoms with Gasteiger partial charge in [0, 0.05) is 17.2 Å². The standard InChI is InChI=1S/C11H8O5S.Na/c1-6-3-2-4-7-10(6)8(12)5-9(11(7)13)17(14,15)16;/h2-5H,1H3,(H,14,15,16);/q;+1/p-1. The number of allylic oxidation sites excluding steroid dienone is 2. The molecule has 0 saturated carbocycles. The van der Waals surface area contributed by atoms with E-state index < -0.39 is 26.6 Å². The summed E-state index contributed by atoms with van der Waals surface area (Å²) in [6, 6.07) is 4.50. The van der Waals surface area contributed by atoms with Crippen LogP contribution in [0.5, 0.6) is 0 Å². The first-order valence-electron chi connectivity index (χ1n) is 4.68. The van der Waals surface area contributed by atoms with Crippen LogP contribution >= 0.6 is 0 Å². The van der Waals surface area contributed by atoms with E-state index in [1.807, 2.05) is 0 Å². The zero-order chi connectivity index (χ0) is 12.8. The zero-order valence-corrected chi connectivity index (χ0v) is 12.6. The first kappa shape index (κ1) is 15.3. The van der Waals surface area contributed by atoms with Gasteiger partial charge in [0.2, 0.25) is 5.78 Å². The summed E-state index contributed by atoms with van der Waals surface area (Å²) in [4.78, 5) is 22.5. The van der Waals surface area contributed by atoms with Crippen molar-refractivity contribution in [3.8, 4) is 0 Å². The van der Waals surface area contributed by atoms with E-state index >= 15 is 0 Å². The minimum atomic E-state index is -4.92. The molecule has 0 unspecified atom stereocenters. The Morgan fingerprint density at radius 2 is 1.78 bits per heavy atom. The molecule has 0 bridgehead atoms. The molecule has 0 atom stereocenters. The number of ketones is 2. The number of aryl methyl sites for hydroxylation is 1. The van der Waals surface area contributed by atoms with Gasteiger partial charge >= 0.3 is 29.6 Å². The summed E-state index contributed by atoms with van der Waals surface area (Å²) in [5.41, 5.74) is 0.691. The van der Waals surface area contributed by atoms with Crippen LogP contribution < -0.4 is 29.6 Å². The summed E-state index contributed by atoms with van der Waals surface area (Å²) >= 11 is 0. The Bertz CT molecular complexity index is 673. The molecule has 1 aliphatic carbocycles. The third-order valence-corrected chi connectivity index (χ3v) is 3.36. The van der Waals surface area contributed by atoms with Crippen LogP contribution in [0.3, 0.4) is 0 Å². The van der Waals surface area contributed by atoms with Crippen molar-refractivity contribution in [3.63, 3.8) is 0 Å². The van der Waals surface area contributed by atoms with Crippen LogP contribution in [0, 0.1) is 6.92 Å². The van der Waals surface area contributed by atoms with Gasteiger partial charge in [-0.1, -0.05) is 18.2 Å². The van der Waals surface area contributed by atoms with Gasteiger partial charge in [0.25, 0.3) is 0 Å². The summed E-state index contributed by atoms with van der Waals surface area (Å²) in [7, 11) is -4.92. The van der Waals surface area contributed by atoms with E-state index in [0.717, 1.165) is 0 Å². The smallest absolute Gasteiger partial charge is 0.744 e. The fourth-order valence-electron chi connectivity index (χ4n) is 1.76. The molecule has 88 valence electrons. The van der Waals surface area contributed by atoms with Crippen LogP contribution in [0.2, 0.25) is 0 Å². The Labute approximate surface area is 126 Å². The number of carbonyl (C=O) groups is 2. The van der Waals surface area contributed by atoms with E-state index in [1.54, 1.807) is 13.0 Å². The van der Waals surface area contributed by atoms with Crippen LogP contribution in [0.25, 0.3) is 0 Å². The molecule has 1 aromatic rings. The summed E-state index contributed by atoms with van der Waals surface area (Å²) < 4.78 is 32.5. The van der Waals surface area contributed by atoms with Crippen molar-refractivity contribution in [2.24, 2.45) is 0 Å². The number of hydrogen-bond donors (Lipinski definition) is 0. The fourth-order valence-corrected chi connectivity index (χ4v) is 2.35. The van der Waals surface area contributed by atoms with Gasteiger partial charge in [-0.25, -0.2) is 8.42 Å². The molecule has 0 saturated heterocycles. The molecule has 0 radical (unpaired) electrons. The van der Waals surface area contributed by atoms with Gasteiger partial charge in [0.15, 0.2) is 5.78 Å². The van der Waals surface area contributed by atoms with E-state index in [-0.39, 0.29) is 40.7 Å². The second kappa shape index (κ2) is 5.07. The molecular weight excluding hydrogens is 267 g/mol. The average molecular weight is 274 g/mol. The Hall–Kier alpha value is -0.790. The minimum absolute atomic E-state index is 0. The number of benzene rings is 1. The van der Waals surface area contributed by atoms with E-state index in [9.17, 15) is 22.6 Å². The van der Waals surface area contributed by atoms with Gasteiger partial charge in [-0.3, -0.25) is 9.59 Å². The summed E-state index contributed by atoms with van der Waals surface area (Å²) in [6.07, 6.45) is 0.597. The number of rotatable bonds is 1. The molecule has 0 fully saturated rings. The minimum Gasteiger partial charge on any atom is -0.744 e. The Morgan fingerprint density at radius 1 is 1.17 bits per heavy atom. The molecule has 0 N–H and O–H groups in total. The quantitative estimate of drug-likeness (QED) is 0.428. The topological polar surface area (TPSA) is 91.3 Å². The van der Waals surface area contributed by atoms with Crippen molar-refractivity contribution in [1.82, 2.24) is 0 Å². The molecule has 0 aliphatic heterocycles. The molecule has 5 nitrogen and oxygen atoms in total. The predicted molar refractivity (Wildman–Crippen MR) is 57.6 cm³/mol. The third kappa shape index (κ3) is 2.48. The van der Waals surface area contributed by atoms with Crippen LogP contribution in [-0.4, -0.2) is 24.5 Å². The summed E-state index contributed by atoms with van der Waals surface area (Å²) in [6.45, 7) is 1.63. The maximum atomic E-state index is 11.8. The number of fused-ring (bicyclic) bond motifs is 1. The van der Waals surface area contributed by atoms with E-state index in [0.29, 0.717) is 11.6 Å². The first-order chi connectivity index (χ1) is 7.82. The Balaban J connectivity index is 0.00000162. The zero-order valence-electron chi connectivity index (χ0n) is 9.76. The van der Waals surface area contributed by atoms with Crippen molar-refractivity contribution >= 4 is 21.7 Å². The van der Waals surface area contributed by atoms with E-state index in [2.05, 4.69) is 0 Å². The molecule has 0 spiro atoms. The molecule has 0 heterocycles. The Kier molecular flexibility index (Phi) is 4.30. The SMILES string of the molecule is Cc1cccc2c1C(=O)C=C(S(=O)(=O)[O-])C2=O.[Na+]. The van der Waals surface area contributed by atoms with Crippen molar-refractivity contribution in [2.45, 2.75) is 6.92 Å². The molecule has 0 aromatic heterocycles. The summed E-state index contributed by atoms with van der Waals surface area (Å²) in [5, 5.41) is 0. The second-order valence-corrected chi connectivity index (χ2v) is 5.00. The van der Waals surface area contributed by atoms with Gasteiger partial charge in [-0.2, -0.15) is 0 Å². The summed E-state index contributed by atoms with van der Waals surface area (Å²) in [5.74, 6) is -1.55. The average Bonchev–Trinajstić information content (AvgIpc) is 2.21. The number of Topliss-reactive ketones (excluding diaryl/α,β-unsaturated/α-hetero) is 1. The van der Waals surface area contributed by atoms with E-state index in [1.165, 1.54) is 12.1 Å². The largest absolute Gasteiger partial charge is 1.00 e. The van der Waals surface area contributed by atoms with Crippen LogP contribution in [0.1, 0.15) is 26.3 Å². The predicted octanol–water partition coefficient (Wildman–Crippen LogP) is -2.19. The monoisotopic (exact) mass is 274 g/mol. The number of hydrogen-bond acceptors (Lipinski definition) is 5. The molecule has 0 amide bonds. The van der Waals surface area contributed by atoms with Gasteiger partial charge in [-0.15, -0.1) is 0 Å². The van der Waals surface area contributed by atoms with Crippen molar-refractivity contribution in [3.05, 3.63) is 45.9 Å². The Morgan fingerprint density at radius 3 is 2.33 bits per heavy atom. The van der Waals surface area contributed by atoms with Crippen molar-refractivity contribution < 1.29 is 52.1 Å². The van der Waals surface area contributed by atoms with Gasteiger partial charge in [0.1, 0.15) is 15.0 Å². The van der Waals surface area contributed by atoms with Crippen molar-refractivity contribution in [1.29, 1.82) is 0 Å². The van der Waals surface area contributed by atoms with Crippen LogP contribution in [0.4, 0.5) is 0 Å². The van der Waals surface area contributed by atoms with Crippen molar-refractivity contribution in [2.75, 3.05) is 0 Å². The third-order valence-electron chi connectivity index (χ3n) is 2.52. The van der Waals surface area contributed by atoms with E-state index in [4.69, 9.17) is 0 Å². The maximum absolute atomic E-state index is 11.8. The maximum Gasteiger partial charge on any atom is 1.00 e. The van der Waals surface area contributed by atoms with Gasteiger partial charge in [-0.05, 0) is 12.5 Å². The van der Waals surface area contributed by atoms with Gasteiger partial charge < -0.3 is 4.55 Å². The molecule has 1 aromatic carbocycles. The molecule has 2 rings (SSSR count). The second-order valence-electron chi connectivity index (χ2n) is 3.65. The van der Waals surface area contributed by atoms with Crippen LogP contribution in [0.15, 0.2) is 29.2 Å². The molecule has 7 heteroatoms. The normalized spacial score (nSPS) is 14.7. The fraction of sp³-hybridized carbons (Fsp3) is 0.0909. The molecule has 18 heavy (non-hydrogen) atoms. The first-order valence-corrected chi connectivity index (χ1v) is 6.09. The number of carbonyl (C=O) groups excluding carboxylic acids is 2.